The van der Waals surface area contributed by atoms with Crippen molar-refractivity contribution in [3.8, 4) is 0 Å². The normalized spacial score (nSPS) is 12.2. The fourth-order valence-electron chi connectivity index (χ4n) is 7.60. The van der Waals surface area contributed by atoms with Crippen LogP contribution in [0.5, 0.6) is 0 Å². The van der Waals surface area contributed by atoms with Crippen molar-refractivity contribution in [2.75, 3.05) is 13.2 Å². The maximum atomic E-state index is 12.8. The molecule has 356 valence electrons. The van der Waals surface area contributed by atoms with Gasteiger partial charge in [-0.15, -0.1) is 0 Å². The molecular formula is C55H100O6. The van der Waals surface area contributed by atoms with Crippen LogP contribution in [0.4, 0.5) is 0 Å². The van der Waals surface area contributed by atoms with Gasteiger partial charge >= 0.3 is 17.9 Å². The number of rotatable bonds is 48. The maximum Gasteiger partial charge on any atom is 0.306 e. The first-order valence-electron chi connectivity index (χ1n) is 26.5. The Morgan fingerprint density at radius 3 is 0.967 bits per heavy atom. The first-order chi connectivity index (χ1) is 30.0. The van der Waals surface area contributed by atoms with Crippen LogP contribution in [0.2, 0.25) is 0 Å². The average molecular weight is 857 g/mol. The monoisotopic (exact) mass is 857 g/mol. The number of hydrogen-bond donors (Lipinski definition) is 0. The summed E-state index contributed by atoms with van der Waals surface area (Å²) in [5, 5.41) is 0. The van der Waals surface area contributed by atoms with Gasteiger partial charge in [-0.1, -0.05) is 224 Å². The number of allylic oxidation sites excluding steroid dienone is 6. The summed E-state index contributed by atoms with van der Waals surface area (Å²) in [6.45, 7) is 6.60. The Labute approximate surface area is 378 Å². The van der Waals surface area contributed by atoms with E-state index in [2.05, 4.69) is 57.2 Å². The second kappa shape index (κ2) is 50.3. The second-order valence-electron chi connectivity index (χ2n) is 17.8. The van der Waals surface area contributed by atoms with E-state index in [0.29, 0.717) is 19.3 Å². The van der Waals surface area contributed by atoms with Crippen molar-refractivity contribution in [1.29, 1.82) is 0 Å². The van der Waals surface area contributed by atoms with Crippen LogP contribution in [0.3, 0.4) is 0 Å². The van der Waals surface area contributed by atoms with Crippen LogP contribution < -0.4 is 0 Å². The molecule has 0 aromatic rings. The van der Waals surface area contributed by atoms with Gasteiger partial charge in [0.05, 0.1) is 0 Å². The smallest absolute Gasteiger partial charge is 0.306 e. The van der Waals surface area contributed by atoms with E-state index in [1.165, 1.54) is 161 Å². The van der Waals surface area contributed by atoms with Gasteiger partial charge in [0.25, 0.3) is 0 Å². The molecule has 0 bridgehead atoms. The van der Waals surface area contributed by atoms with E-state index in [-0.39, 0.29) is 31.1 Å². The van der Waals surface area contributed by atoms with Gasteiger partial charge in [-0.05, 0) is 70.6 Å². The molecule has 0 N–H and O–H groups in total. The van der Waals surface area contributed by atoms with E-state index < -0.39 is 6.10 Å². The van der Waals surface area contributed by atoms with Gasteiger partial charge < -0.3 is 14.2 Å². The first-order valence-corrected chi connectivity index (χ1v) is 26.5. The summed E-state index contributed by atoms with van der Waals surface area (Å²) in [6, 6.07) is 0. The summed E-state index contributed by atoms with van der Waals surface area (Å²) in [6.07, 6.45) is 58.4. The van der Waals surface area contributed by atoms with Crippen molar-refractivity contribution in [3.63, 3.8) is 0 Å². The average Bonchev–Trinajstić information content (AvgIpc) is 3.26. The zero-order chi connectivity index (χ0) is 44.4. The van der Waals surface area contributed by atoms with E-state index in [1.807, 2.05) is 0 Å². The largest absolute Gasteiger partial charge is 0.462 e. The minimum atomic E-state index is -0.779. The summed E-state index contributed by atoms with van der Waals surface area (Å²) in [5.74, 6) is -0.895. The molecule has 0 saturated carbocycles. The predicted molar refractivity (Wildman–Crippen MR) is 261 cm³/mol. The van der Waals surface area contributed by atoms with E-state index in [1.54, 1.807) is 0 Å². The van der Waals surface area contributed by atoms with Gasteiger partial charge in [-0.2, -0.15) is 0 Å². The van der Waals surface area contributed by atoms with Crippen molar-refractivity contribution in [3.05, 3.63) is 36.5 Å². The summed E-state index contributed by atoms with van der Waals surface area (Å²) in [5.41, 5.74) is 0. The molecular weight excluding hydrogens is 757 g/mol. The molecule has 61 heavy (non-hydrogen) atoms. The highest BCUT2D eigenvalue weighted by molar-refractivity contribution is 5.71. The number of esters is 3. The zero-order valence-electron chi connectivity index (χ0n) is 40.7. The molecule has 0 aliphatic carbocycles. The molecule has 0 aliphatic rings. The van der Waals surface area contributed by atoms with Crippen LogP contribution in [-0.4, -0.2) is 37.2 Å². The molecule has 0 heterocycles. The van der Waals surface area contributed by atoms with Crippen molar-refractivity contribution in [1.82, 2.24) is 0 Å². The lowest BCUT2D eigenvalue weighted by atomic mass is 10.0. The van der Waals surface area contributed by atoms with Crippen molar-refractivity contribution >= 4 is 17.9 Å². The standard InChI is InChI=1S/C55H100O6/c1-4-7-10-13-16-19-22-25-27-30-33-36-39-42-45-48-54(57)60-51-52(50-59-53(56)47-44-41-38-35-32-29-24-21-18-15-12-9-6-3)61-55(58)49-46-43-40-37-34-31-28-26-23-20-17-14-11-8-5-2/h16,19,22,25,29,32,52H,4-15,17-18,20-21,23-24,26-28,30-31,33-51H2,1-3H3/b19-16-,25-22-,32-29-. The van der Waals surface area contributed by atoms with Gasteiger partial charge in [-0.25, -0.2) is 0 Å². The molecule has 0 saturated heterocycles. The molecule has 0 amide bonds. The zero-order valence-corrected chi connectivity index (χ0v) is 40.7. The summed E-state index contributed by atoms with van der Waals surface area (Å²) in [4.78, 5) is 38.0. The van der Waals surface area contributed by atoms with Gasteiger partial charge in [-0.3, -0.25) is 14.4 Å². The van der Waals surface area contributed by atoms with Crippen LogP contribution in [-0.2, 0) is 28.6 Å². The Kier molecular flexibility index (Phi) is 48.3. The Morgan fingerprint density at radius 2 is 0.590 bits per heavy atom. The molecule has 0 aliphatic heterocycles. The molecule has 0 spiro atoms. The number of carbonyl (C=O) groups excluding carboxylic acids is 3. The molecule has 0 aromatic heterocycles. The van der Waals surface area contributed by atoms with Gasteiger partial charge in [0.2, 0.25) is 0 Å². The minimum Gasteiger partial charge on any atom is -0.462 e. The lowest BCUT2D eigenvalue weighted by Crippen LogP contribution is -2.30. The Morgan fingerprint density at radius 1 is 0.328 bits per heavy atom. The number of ether oxygens (including phenoxy) is 3. The van der Waals surface area contributed by atoms with Crippen molar-refractivity contribution in [2.45, 2.75) is 284 Å². The lowest BCUT2D eigenvalue weighted by Gasteiger charge is -2.18. The predicted octanol–water partition coefficient (Wildman–Crippen LogP) is 17.3. The van der Waals surface area contributed by atoms with Crippen molar-refractivity contribution in [2.24, 2.45) is 0 Å². The SMILES string of the molecule is CCCCC/C=C\C=C/CCCCCCCCC(=O)OCC(COC(=O)CCCCC/C=C\CCCCCCCC)OC(=O)CCCCCCCCCCCCCCCCC. The van der Waals surface area contributed by atoms with Crippen LogP contribution in [0.25, 0.3) is 0 Å². The van der Waals surface area contributed by atoms with E-state index in [0.717, 1.165) is 77.0 Å². The third-order valence-corrected chi connectivity index (χ3v) is 11.6. The van der Waals surface area contributed by atoms with Crippen molar-refractivity contribution < 1.29 is 28.6 Å². The fraction of sp³-hybridized carbons (Fsp3) is 0.836. The van der Waals surface area contributed by atoms with Crippen LogP contribution in [0.15, 0.2) is 36.5 Å². The second-order valence-corrected chi connectivity index (χ2v) is 17.8. The Hall–Kier alpha value is -2.37. The quantitative estimate of drug-likeness (QED) is 0.0199. The highest BCUT2D eigenvalue weighted by Gasteiger charge is 2.19. The highest BCUT2D eigenvalue weighted by atomic mass is 16.6. The summed E-state index contributed by atoms with van der Waals surface area (Å²) >= 11 is 0. The Bertz CT molecular complexity index is 1030. The molecule has 0 fully saturated rings. The number of hydrogen-bond acceptors (Lipinski definition) is 6. The van der Waals surface area contributed by atoms with E-state index >= 15 is 0 Å². The summed E-state index contributed by atoms with van der Waals surface area (Å²) in [7, 11) is 0. The van der Waals surface area contributed by atoms with E-state index in [4.69, 9.17) is 14.2 Å². The first kappa shape index (κ1) is 58.6. The highest BCUT2D eigenvalue weighted by Crippen LogP contribution is 2.16. The third kappa shape index (κ3) is 48.5. The summed E-state index contributed by atoms with van der Waals surface area (Å²) < 4.78 is 16.8. The number of carbonyl (C=O) groups is 3. The third-order valence-electron chi connectivity index (χ3n) is 11.6. The fourth-order valence-corrected chi connectivity index (χ4v) is 7.60. The van der Waals surface area contributed by atoms with Gasteiger partial charge in [0.1, 0.15) is 13.2 Å². The van der Waals surface area contributed by atoms with Gasteiger partial charge in [0.15, 0.2) is 6.10 Å². The molecule has 1 unspecified atom stereocenters. The van der Waals surface area contributed by atoms with Gasteiger partial charge in [0, 0.05) is 19.3 Å². The lowest BCUT2D eigenvalue weighted by molar-refractivity contribution is -0.167. The maximum absolute atomic E-state index is 12.8. The molecule has 6 nitrogen and oxygen atoms in total. The van der Waals surface area contributed by atoms with Crippen LogP contribution >= 0.6 is 0 Å². The molecule has 6 heteroatoms. The van der Waals surface area contributed by atoms with Crippen LogP contribution in [0.1, 0.15) is 278 Å². The molecule has 1 atom stereocenters. The Balaban J connectivity index is 4.39. The van der Waals surface area contributed by atoms with E-state index in [9.17, 15) is 14.4 Å². The topological polar surface area (TPSA) is 78.9 Å². The van der Waals surface area contributed by atoms with Crippen LogP contribution in [0, 0.1) is 0 Å². The minimum absolute atomic E-state index is 0.0801. The molecule has 0 rings (SSSR count). The molecule has 0 aromatic carbocycles. The molecule has 0 radical (unpaired) electrons. The number of unbranched alkanes of at least 4 members (excludes halogenated alkanes) is 32.